The molecule has 4 N–H and O–H groups in total. The highest BCUT2D eigenvalue weighted by atomic mass is 32.2. The summed E-state index contributed by atoms with van der Waals surface area (Å²) in [6.45, 7) is 1.86. The van der Waals surface area contributed by atoms with Gasteiger partial charge < -0.3 is 5.73 Å². The SMILES string of the molecule is Cc1ccc(S(=O)(=O)NC(=S)N/N=C(\N)c2cnccn2)cc1. The molecule has 0 atom stereocenters. The molecule has 0 saturated carbocycles. The van der Waals surface area contributed by atoms with Gasteiger partial charge >= 0.3 is 0 Å². The summed E-state index contributed by atoms with van der Waals surface area (Å²) in [5.41, 5.74) is 9.32. The molecule has 1 aromatic heterocycles. The Morgan fingerprint density at radius 2 is 1.96 bits per heavy atom. The van der Waals surface area contributed by atoms with Crippen molar-refractivity contribution in [3.63, 3.8) is 0 Å². The zero-order valence-electron chi connectivity index (χ0n) is 12.1. The second-order valence-corrected chi connectivity index (χ2v) is 6.54. The van der Waals surface area contributed by atoms with Crippen LogP contribution in [0.15, 0.2) is 52.9 Å². The number of thiocarbonyl (C=S) groups is 1. The summed E-state index contributed by atoms with van der Waals surface area (Å²) < 4.78 is 26.4. The van der Waals surface area contributed by atoms with E-state index in [2.05, 4.69) is 25.2 Å². The molecule has 0 saturated heterocycles. The van der Waals surface area contributed by atoms with Gasteiger partial charge in [-0.2, -0.15) is 5.10 Å². The molecule has 0 unspecified atom stereocenters. The Kier molecular flexibility index (Phi) is 5.19. The van der Waals surface area contributed by atoms with Gasteiger partial charge in [-0.05, 0) is 31.3 Å². The molecule has 0 bridgehead atoms. The summed E-state index contributed by atoms with van der Waals surface area (Å²) in [5.74, 6) is 0.0231. The molecule has 10 heteroatoms. The number of benzene rings is 1. The summed E-state index contributed by atoms with van der Waals surface area (Å²) in [5, 5.41) is 3.55. The lowest BCUT2D eigenvalue weighted by Crippen LogP contribution is -2.38. The van der Waals surface area contributed by atoms with Gasteiger partial charge in [0.15, 0.2) is 5.84 Å². The van der Waals surface area contributed by atoms with Crippen molar-refractivity contribution >= 4 is 33.2 Å². The Balaban J connectivity index is 2.03. The standard InChI is InChI=1S/C13H14N6O2S2/c1-9-2-4-10(5-3-9)23(20,21)19-13(22)18-17-12(14)11-8-15-6-7-16-11/h2-8H,1H3,(H2,14,17)(H2,18,19,22). The van der Waals surface area contributed by atoms with Crippen LogP contribution in [0, 0.1) is 6.92 Å². The average molecular weight is 350 g/mol. The maximum Gasteiger partial charge on any atom is 0.263 e. The van der Waals surface area contributed by atoms with E-state index in [9.17, 15) is 8.42 Å². The van der Waals surface area contributed by atoms with Crippen LogP contribution in [0.25, 0.3) is 0 Å². The summed E-state index contributed by atoms with van der Waals surface area (Å²) >= 11 is 4.90. The summed E-state index contributed by atoms with van der Waals surface area (Å²) in [4.78, 5) is 7.89. The maximum atomic E-state index is 12.1. The van der Waals surface area contributed by atoms with Gasteiger partial charge in [-0.3, -0.25) is 15.1 Å². The lowest BCUT2D eigenvalue weighted by Gasteiger charge is -2.09. The minimum atomic E-state index is -3.78. The molecular weight excluding hydrogens is 336 g/mol. The zero-order valence-corrected chi connectivity index (χ0v) is 13.7. The van der Waals surface area contributed by atoms with Gasteiger partial charge in [-0.15, -0.1) is 0 Å². The van der Waals surface area contributed by atoms with Crippen molar-refractivity contribution in [3.8, 4) is 0 Å². The van der Waals surface area contributed by atoms with Gasteiger partial charge in [0.25, 0.3) is 10.0 Å². The van der Waals surface area contributed by atoms with E-state index in [1.807, 2.05) is 6.92 Å². The number of hydrogen-bond acceptors (Lipinski definition) is 6. The van der Waals surface area contributed by atoms with Crippen LogP contribution < -0.4 is 15.9 Å². The topological polar surface area (TPSA) is 122 Å². The number of hydrazone groups is 1. The van der Waals surface area contributed by atoms with Crippen molar-refractivity contribution in [2.45, 2.75) is 11.8 Å². The monoisotopic (exact) mass is 350 g/mol. The van der Waals surface area contributed by atoms with E-state index in [1.165, 1.54) is 30.7 Å². The number of rotatable bonds is 4. The van der Waals surface area contributed by atoms with Gasteiger partial charge in [-0.1, -0.05) is 17.7 Å². The van der Waals surface area contributed by atoms with E-state index in [1.54, 1.807) is 12.1 Å². The van der Waals surface area contributed by atoms with Gasteiger partial charge in [0.2, 0.25) is 5.11 Å². The normalized spacial score (nSPS) is 11.8. The third-order valence-corrected chi connectivity index (χ3v) is 4.35. The molecule has 120 valence electrons. The van der Waals surface area contributed by atoms with E-state index < -0.39 is 10.0 Å². The molecule has 0 spiro atoms. The van der Waals surface area contributed by atoms with E-state index in [0.717, 1.165) is 5.56 Å². The first-order valence-corrected chi connectivity index (χ1v) is 8.26. The van der Waals surface area contributed by atoms with Crippen LogP contribution in [0.5, 0.6) is 0 Å². The highest BCUT2D eigenvalue weighted by Crippen LogP contribution is 2.09. The Morgan fingerprint density at radius 1 is 1.26 bits per heavy atom. The predicted molar refractivity (Wildman–Crippen MR) is 90.0 cm³/mol. The van der Waals surface area contributed by atoms with E-state index in [0.29, 0.717) is 5.69 Å². The Morgan fingerprint density at radius 3 is 2.57 bits per heavy atom. The fourth-order valence-electron chi connectivity index (χ4n) is 1.52. The number of aryl methyl sites for hydroxylation is 1. The summed E-state index contributed by atoms with van der Waals surface area (Å²) in [6.07, 6.45) is 4.36. The molecule has 2 rings (SSSR count). The number of aromatic nitrogens is 2. The molecule has 8 nitrogen and oxygen atoms in total. The van der Waals surface area contributed by atoms with Crippen molar-refractivity contribution in [3.05, 3.63) is 54.1 Å². The van der Waals surface area contributed by atoms with E-state index >= 15 is 0 Å². The largest absolute Gasteiger partial charge is 0.380 e. The van der Waals surface area contributed by atoms with Crippen LogP contribution in [-0.2, 0) is 10.0 Å². The van der Waals surface area contributed by atoms with E-state index in [4.69, 9.17) is 18.0 Å². The number of sulfonamides is 1. The zero-order chi connectivity index (χ0) is 16.9. The Hall–Kier alpha value is -2.59. The van der Waals surface area contributed by atoms with Crippen LogP contribution in [0.4, 0.5) is 0 Å². The highest BCUT2D eigenvalue weighted by molar-refractivity contribution is 7.91. The molecule has 23 heavy (non-hydrogen) atoms. The quantitative estimate of drug-likeness (QED) is 0.313. The second kappa shape index (κ2) is 7.11. The number of nitrogens with one attached hydrogen (secondary N) is 2. The molecule has 0 amide bonds. The van der Waals surface area contributed by atoms with Crippen molar-refractivity contribution in [2.24, 2.45) is 10.8 Å². The fraction of sp³-hybridized carbons (Fsp3) is 0.0769. The first-order chi connectivity index (χ1) is 10.9. The number of amidine groups is 1. The number of nitrogens with zero attached hydrogens (tertiary/aromatic N) is 3. The lowest BCUT2D eigenvalue weighted by molar-refractivity contribution is 0.592. The van der Waals surface area contributed by atoms with Gasteiger partial charge in [0.05, 0.1) is 11.1 Å². The average Bonchev–Trinajstić information content (AvgIpc) is 2.53. The molecular formula is C13H14N6O2S2. The van der Waals surface area contributed by atoms with Crippen LogP contribution in [-0.4, -0.2) is 29.3 Å². The molecule has 0 fully saturated rings. The molecule has 0 aliphatic rings. The molecule has 0 radical (unpaired) electrons. The third-order valence-electron chi connectivity index (χ3n) is 2.66. The second-order valence-electron chi connectivity index (χ2n) is 4.45. The Labute approximate surface area is 138 Å². The lowest BCUT2D eigenvalue weighted by atomic mass is 10.2. The third kappa shape index (κ3) is 4.69. The fourth-order valence-corrected chi connectivity index (χ4v) is 2.80. The van der Waals surface area contributed by atoms with Crippen LogP contribution in [0.3, 0.4) is 0 Å². The number of nitrogens with two attached hydrogens (primary N) is 1. The van der Waals surface area contributed by atoms with Crippen LogP contribution in [0.1, 0.15) is 11.3 Å². The first kappa shape index (κ1) is 16.8. The molecule has 0 aliphatic carbocycles. The minimum absolute atomic E-state index is 0.0231. The summed E-state index contributed by atoms with van der Waals surface area (Å²) in [7, 11) is -3.78. The first-order valence-electron chi connectivity index (χ1n) is 6.37. The maximum absolute atomic E-state index is 12.1. The van der Waals surface area contributed by atoms with Crippen LogP contribution >= 0.6 is 12.2 Å². The molecule has 2 aromatic rings. The molecule has 0 aliphatic heterocycles. The van der Waals surface area contributed by atoms with Crippen molar-refractivity contribution in [1.29, 1.82) is 0 Å². The van der Waals surface area contributed by atoms with Crippen molar-refractivity contribution in [2.75, 3.05) is 0 Å². The molecule has 1 aromatic carbocycles. The van der Waals surface area contributed by atoms with Crippen molar-refractivity contribution in [1.82, 2.24) is 20.1 Å². The van der Waals surface area contributed by atoms with Crippen LogP contribution in [0.2, 0.25) is 0 Å². The van der Waals surface area contributed by atoms with Gasteiger partial charge in [-0.25, -0.2) is 13.4 Å². The highest BCUT2D eigenvalue weighted by Gasteiger charge is 2.15. The minimum Gasteiger partial charge on any atom is -0.380 e. The summed E-state index contributed by atoms with van der Waals surface area (Å²) in [6, 6.07) is 6.35. The number of hydrogen-bond donors (Lipinski definition) is 3. The van der Waals surface area contributed by atoms with E-state index in [-0.39, 0.29) is 15.8 Å². The Bertz CT molecular complexity index is 819. The van der Waals surface area contributed by atoms with Gasteiger partial charge in [0, 0.05) is 12.4 Å². The molecule has 1 heterocycles. The predicted octanol–water partition coefficient (Wildman–Crippen LogP) is 0.258. The van der Waals surface area contributed by atoms with Gasteiger partial charge in [0.1, 0.15) is 5.69 Å². The van der Waals surface area contributed by atoms with Crippen molar-refractivity contribution < 1.29 is 8.42 Å². The smallest absolute Gasteiger partial charge is 0.263 e.